The van der Waals surface area contributed by atoms with Gasteiger partial charge in [-0.25, -0.2) is 0 Å². The van der Waals surface area contributed by atoms with E-state index in [1.807, 2.05) is 11.4 Å². The maximum absolute atomic E-state index is 12.2. The second-order valence-corrected chi connectivity index (χ2v) is 5.57. The zero-order valence-corrected chi connectivity index (χ0v) is 12.1. The van der Waals surface area contributed by atoms with Crippen LogP contribution < -0.4 is 11.1 Å². The van der Waals surface area contributed by atoms with Gasteiger partial charge in [-0.3, -0.25) is 9.59 Å². The van der Waals surface area contributed by atoms with Crippen molar-refractivity contribution in [1.82, 2.24) is 10.2 Å². The second-order valence-electron chi connectivity index (χ2n) is 4.65. The lowest BCUT2D eigenvalue weighted by atomic mass is 10.1. The molecule has 2 amide bonds. The summed E-state index contributed by atoms with van der Waals surface area (Å²) in [5.74, 6) is 5.65. The number of rotatable bonds is 2. The van der Waals surface area contributed by atoms with Gasteiger partial charge >= 0.3 is 0 Å². The number of hydrogen-bond donors (Lipinski definition) is 2. The van der Waals surface area contributed by atoms with Gasteiger partial charge in [-0.2, -0.15) is 0 Å². The van der Waals surface area contributed by atoms with Crippen LogP contribution >= 0.6 is 11.3 Å². The van der Waals surface area contributed by atoms with Crippen molar-refractivity contribution in [2.24, 2.45) is 5.73 Å². The Balaban J connectivity index is 2.02. The van der Waals surface area contributed by atoms with Crippen molar-refractivity contribution in [2.75, 3.05) is 20.1 Å². The third-order valence-electron chi connectivity index (χ3n) is 3.16. The highest BCUT2D eigenvalue weighted by Gasteiger charge is 2.25. The summed E-state index contributed by atoms with van der Waals surface area (Å²) in [6, 6.07) is 1.82. The van der Waals surface area contributed by atoms with Gasteiger partial charge in [-0.1, -0.05) is 11.8 Å². The molecule has 0 spiro atoms. The number of nitrogens with two attached hydrogens (primary N) is 1. The molecule has 2 rings (SSSR count). The Bertz CT molecular complexity index is 570. The van der Waals surface area contributed by atoms with Crippen molar-refractivity contribution in [1.29, 1.82) is 0 Å². The molecule has 0 aliphatic carbocycles. The molecule has 1 atom stereocenters. The number of carbonyl (C=O) groups is 2. The molecule has 3 N–H and O–H groups in total. The summed E-state index contributed by atoms with van der Waals surface area (Å²) < 4.78 is 0. The average Bonchev–Trinajstić information content (AvgIpc) is 2.89. The summed E-state index contributed by atoms with van der Waals surface area (Å²) >= 11 is 1.36. The summed E-state index contributed by atoms with van der Waals surface area (Å²) in [6.07, 6.45) is 1.16. The number of likely N-dealkylation sites (N-methyl/N-ethyl adjacent to an activating group) is 1. The van der Waals surface area contributed by atoms with Crippen LogP contribution in [0, 0.1) is 11.8 Å². The highest BCUT2D eigenvalue weighted by Crippen LogP contribution is 2.17. The predicted octanol–water partition coefficient (Wildman–Crippen LogP) is 0.409. The molecule has 1 saturated heterocycles. The summed E-state index contributed by atoms with van der Waals surface area (Å²) in [6.45, 7) is 0.826. The van der Waals surface area contributed by atoms with E-state index in [4.69, 9.17) is 5.73 Å². The number of nitrogens with zero attached hydrogens (tertiary/aromatic N) is 1. The lowest BCUT2D eigenvalue weighted by Gasteiger charge is -2.30. The van der Waals surface area contributed by atoms with E-state index >= 15 is 0 Å². The number of piperidine rings is 1. The molecule has 1 fully saturated rings. The van der Waals surface area contributed by atoms with Crippen molar-refractivity contribution < 1.29 is 9.59 Å². The molecule has 0 radical (unpaired) electrons. The maximum Gasteiger partial charge on any atom is 0.262 e. The number of hydrogen-bond acceptors (Lipinski definition) is 4. The quantitative estimate of drug-likeness (QED) is 0.775. The number of likely N-dealkylation sites (tertiary alicyclic amines) is 1. The molecule has 1 aromatic heterocycles. The van der Waals surface area contributed by atoms with Crippen molar-refractivity contribution in [3.63, 3.8) is 0 Å². The normalized spacial score (nSPS) is 18.4. The molecular formula is C14H17N3O2S. The number of thiophene rings is 1. The molecule has 5 nitrogen and oxygen atoms in total. The molecular weight excluding hydrogens is 274 g/mol. The van der Waals surface area contributed by atoms with Crippen LogP contribution in [0.3, 0.4) is 0 Å². The van der Waals surface area contributed by atoms with Gasteiger partial charge < -0.3 is 16.0 Å². The maximum atomic E-state index is 12.2. The Labute approximate surface area is 122 Å². The first-order valence-electron chi connectivity index (χ1n) is 6.43. The van der Waals surface area contributed by atoms with Gasteiger partial charge in [0.05, 0.1) is 6.54 Å². The molecule has 1 aromatic rings. The van der Waals surface area contributed by atoms with Crippen LogP contribution in [0.4, 0.5) is 0 Å². The molecule has 0 aromatic carbocycles. The number of nitrogens with one attached hydrogen (secondary N) is 1. The molecule has 106 valence electrons. The molecule has 2 heterocycles. The molecule has 0 bridgehead atoms. The Morgan fingerprint density at radius 3 is 3.15 bits per heavy atom. The fourth-order valence-electron chi connectivity index (χ4n) is 2.11. The Morgan fingerprint density at radius 1 is 1.65 bits per heavy atom. The molecule has 20 heavy (non-hydrogen) atoms. The van der Waals surface area contributed by atoms with E-state index in [1.165, 1.54) is 11.3 Å². The first-order chi connectivity index (χ1) is 9.61. The van der Waals surface area contributed by atoms with Gasteiger partial charge in [0.25, 0.3) is 5.91 Å². The average molecular weight is 291 g/mol. The zero-order chi connectivity index (χ0) is 14.5. The van der Waals surface area contributed by atoms with Crippen LogP contribution in [-0.2, 0) is 4.79 Å². The minimum Gasteiger partial charge on any atom is -0.347 e. The lowest BCUT2D eigenvalue weighted by Crippen LogP contribution is -2.48. The fourth-order valence-corrected chi connectivity index (χ4v) is 2.86. The number of carbonyl (C=O) groups excluding carboxylic acids is 2. The summed E-state index contributed by atoms with van der Waals surface area (Å²) in [5.41, 5.74) is 6.05. The van der Waals surface area contributed by atoms with Gasteiger partial charge in [0.2, 0.25) is 5.91 Å². The van der Waals surface area contributed by atoms with Crippen LogP contribution in [0.2, 0.25) is 0 Å². The van der Waals surface area contributed by atoms with Crippen molar-refractivity contribution in [2.45, 2.75) is 18.9 Å². The van der Waals surface area contributed by atoms with E-state index in [1.54, 1.807) is 11.9 Å². The van der Waals surface area contributed by atoms with Gasteiger partial charge in [-0.15, -0.1) is 11.3 Å². The molecule has 1 aliphatic rings. The van der Waals surface area contributed by atoms with Gasteiger partial charge in [0.15, 0.2) is 0 Å². The second kappa shape index (κ2) is 6.55. The highest BCUT2D eigenvalue weighted by molar-refractivity contribution is 7.12. The predicted molar refractivity (Wildman–Crippen MR) is 78.4 cm³/mol. The monoisotopic (exact) mass is 291 g/mol. The van der Waals surface area contributed by atoms with Crippen LogP contribution in [0.1, 0.15) is 28.1 Å². The van der Waals surface area contributed by atoms with Gasteiger partial charge in [0.1, 0.15) is 4.88 Å². The zero-order valence-electron chi connectivity index (χ0n) is 11.3. The topological polar surface area (TPSA) is 75.4 Å². The largest absolute Gasteiger partial charge is 0.347 e. The lowest BCUT2D eigenvalue weighted by molar-refractivity contribution is -0.132. The van der Waals surface area contributed by atoms with Gasteiger partial charge in [-0.05, 0) is 17.9 Å². The molecule has 6 heteroatoms. The first kappa shape index (κ1) is 14.6. The van der Waals surface area contributed by atoms with Crippen LogP contribution in [0.25, 0.3) is 0 Å². The Hall–Kier alpha value is -1.84. The van der Waals surface area contributed by atoms with E-state index in [9.17, 15) is 9.59 Å². The van der Waals surface area contributed by atoms with Gasteiger partial charge in [0, 0.05) is 31.6 Å². The standard InChI is InChI=1S/C14H17N3O2S/c1-17-9-11(4-5-12(17)18)16-14(19)13-10(3-2-7-15)6-8-20-13/h6,8,11H,4-5,7,9,15H2,1H3,(H,16,19). The molecule has 1 aliphatic heterocycles. The number of amides is 2. The minimum atomic E-state index is -0.130. The molecule has 0 saturated carbocycles. The van der Waals surface area contributed by atoms with Crippen molar-refractivity contribution in [3.05, 3.63) is 21.9 Å². The highest BCUT2D eigenvalue weighted by atomic mass is 32.1. The Morgan fingerprint density at radius 2 is 2.45 bits per heavy atom. The van der Waals surface area contributed by atoms with Crippen LogP contribution in [0.5, 0.6) is 0 Å². The minimum absolute atomic E-state index is 0.00242. The third kappa shape index (κ3) is 3.38. The summed E-state index contributed by atoms with van der Waals surface area (Å²) in [7, 11) is 1.75. The Kier molecular flexibility index (Phi) is 4.77. The first-order valence-corrected chi connectivity index (χ1v) is 7.31. The van der Waals surface area contributed by atoms with Crippen molar-refractivity contribution in [3.8, 4) is 11.8 Å². The van der Waals surface area contributed by atoms with E-state index in [0.29, 0.717) is 29.8 Å². The van der Waals surface area contributed by atoms with E-state index < -0.39 is 0 Å². The van der Waals surface area contributed by atoms with E-state index in [2.05, 4.69) is 17.2 Å². The van der Waals surface area contributed by atoms with E-state index in [0.717, 1.165) is 0 Å². The van der Waals surface area contributed by atoms with Crippen LogP contribution in [-0.4, -0.2) is 42.9 Å². The summed E-state index contributed by atoms with van der Waals surface area (Å²) in [5, 5.41) is 4.81. The molecule has 1 unspecified atom stereocenters. The van der Waals surface area contributed by atoms with E-state index in [-0.39, 0.29) is 24.4 Å². The summed E-state index contributed by atoms with van der Waals surface area (Å²) in [4.78, 5) is 25.9. The third-order valence-corrected chi connectivity index (χ3v) is 4.07. The smallest absolute Gasteiger partial charge is 0.262 e. The fraction of sp³-hybridized carbons (Fsp3) is 0.429. The van der Waals surface area contributed by atoms with Crippen molar-refractivity contribution >= 4 is 23.2 Å². The SMILES string of the molecule is CN1CC(NC(=O)c2sccc2C#CCN)CCC1=O. The van der Waals surface area contributed by atoms with Crippen LogP contribution in [0.15, 0.2) is 11.4 Å².